The van der Waals surface area contributed by atoms with Gasteiger partial charge in [-0.05, 0) is 12.8 Å². The van der Waals surface area contributed by atoms with Crippen molar-refractivity contribution < 1.29 is 55.5 Å². The van der Waals surface area contributed by atoms with E-state index in [1.807, 2.05) is 0 Å². The summed E-state index contributed by atoms with van der Waals surface area (Å²) in [6.45, 7) is 3.97. The molecule has 0 aromatic heterocycles. The van der Waals surface area contributed by atoms with Crippen LogP contribution in [-0.4, -0.2) is 75.5 Å². The average molecular weight is 450 g/mol. The quantitative estimate of drug-likeness (QED) is 0.187. The van der Waals surface area contributed by atoms with Crippen molar-refractivity contribution >= 4 is 34.9 Å². The molecule has 0 N–H and O–H groups in total. The Kier molecular flexibility index (Phi) is 7.55. The van der Waals surface area contributed by atoms with Crippen LogP contribution < -0.4 is 0 Å². The number of rotatable bonds is 10. The molecule has 2 bridgehead atoms. The van der Waals surface area contributed by atoms with Gasteiger partial charge in [0.2, 0.25) is 0 Å². The Labute approximate surface area is 173 Å². The van der Waals surface area contributed by atoms with E-state index in [1.165, 1.54) is 0 Å². The van der Waals surface area contributed by atoms with Gasteiger partial charge >= 0.3 is 23.9 Å². The summed E-state index contributed by atoms with van der Waals surface area (Å²) in [7, 11) is -3.42. The monoisotopic (exact) mass is 450 g/mol. The van der Waals surface area contributed by atoms with Gasteiger partial charge in [-0.25, -0.2) is 18.0 Å². The molecule has 0 aliphatic carbocycles. The first kappa shape index (κ1) is 23.8. The van der Waals surface area contributed by atoms with Gasteiger partial charge in [0, 0.05) is 19.9 Å². The molecule has 2 heterocycles. The summed E-state index contributed by atoms with van der Waals surface area (Å²) in [4.78, 5) is 45.9. The van der Waals surface area contributed by atoms with Gasteiger partial charge in [0.1, 0.15) is 30.5 Å². The number of hydrogen-bond donors (Lipinski definition) is 1. The fourth-order valence-corrected chi connectivity index (χ4v) is 3.96. The Morgan fingerprint density at radius 2 is 1.53 bits per heavy atom. The molecule has 4 unspecified atom stereocenters. The summed E-state index contributed by atoms with van der Waals surface area (Å²) in [5, 5.41) is 0. The summed E-state index contributed by atoms with van der Waals surface area (Å²) in [6, 6.07) is 0. The molecule has 0 aromatic rings. The van der Waals surface area contributed by atoms with Crippen LogP contribution in [-0.2, 0) is 58.0 Å². The van der Waals surface area contributed by atoms with E-state index in [2.05, 4.69) is 11.3 Å². The van der Waals surface area contributed by atoms with Crippen LogP contribution in [0.1, 0.15) is 26.7 Å². The highest BCUT2D eigenvalue weighted by atomic mass is 32.2. The van der Waals surface area contributed by atoms with Crippen molar-refractivity contribution in [1.29, 1.82) is 0 Å². The summed E-state index contributed by atoms with van der Waals surface area (Å²) >= 11 is 0. The first-order valence-electron chi connectivity index (χ1n) is 8.80. The number of carbonyl (C=O) groups excluding carboxylic acids is 4. The van der Waals surface area contributed by atoms with E-state index in [1.54, 1.807) is 0 Å². The Bertz CT molecular complexity index is 797. The maximum atomic E-state index is 12.2. The van der Waals surface area contributed by atoms with Gasteiger partial charge in [0.15, 0.2) is 12.7 Å². The van der Waals surface area contributed by atoms with Crippen LogP contribution in [0, 0.1) is 0 Å². The molecule has 0 amide bonds. The second-order valence-electron chi connectivity index (χ2n) is 6.76. The highest BCUT2D eigenvalue weighted by molar-refractivity contribution is 7.67. The highest BCUT2D eigenvalue weighted by Crippen LogP contribution is 2.54. The van der Waals surface area contributed by atoms with Crippen molar-refractivity contribution in [1.82, 2.24) is 0 Å². The third kappa shape index (κ3) is 5.34. The van der Waals surface area contributed by atoms with Gasteiger partial charge in [-0.3, -0.25) is 13.8 Å². The van der Waals surface area contributed by atoms with Gasteiger partial charge in [-0.1, -0.05) is 6.58 Å². The van der Waals surface area contributed by atoms with Gasteiger partial charge < -0.3 is 23.7 Å². The van der Waals surface area contributed by atoms with Crippen LogP contribution in [0.5, 0.6) is 0 Å². The molecule has 168 valence electrons. The first-order valence-corrected chi connectivity index (χ1v) is 9.90. The molecular weight excluding hydrogens is 428 g/mol. The number of ether oxygens (including phenoxy) is 5. The zero-order chi connectivity index (χ0) is 22.5. The zero-order valence-electron chi connectivity index (χ0n) is 16.3. The molecule has 2 aliphatic heterocycles. The van der Waals surface area contributed by atoms with Crippen LogP contribution in [0.4, 0.5) is 0 Å². The number of thiol groups is 1. The van der Waals surface area contributed by atoms with E-state index in [4.69, 9.17) is 23.1 Å². The molecule has 0 aromatic carbocycles. The van der Waals surface area contributed by atoms with Crippen LogP contribution in [0.2, 0.25) is 0 Å². The summed E-state index contributed by atoms with van der Waals surface area (Å²) in [5.74, 6) is -3.18. The molecule has 0 spiro atoms. The molecule has 30 heavy (non-hydrogen) atoms. The third-order valence-electron chi connectivity index (χ3n) is 4.69. The Balaban J connectivity index is 2.32. The van der Waals surface area contributed by atoms with Crippen LogP contribution in [0.3, 0.4) is 0 Å². The molecule has 13 heteroatoms. The molecule has 2 fully saturated rings. The highest BCUT2D eigenvalue weighted by Gasteiger charge is 2.71. The largest absolute Gasteiger partial charge is 0.463 e. The number of fused-ring (bicyclic) bond motifs is 2. The van der Waals surface area contributed by atoms with E-state index in [9.17, 15) is 27.6 Å². The maximum absolute atomic E-state index is 12.2. The number of esters is 4. The van der Waals surface area contributed by atoms with Crippen molar-refractivity contribution in [2.45, 2.75) is 50.1 Å². The fraction of sp³-hybridized carbons (Fsp3) is 0.647. The second-order valence-corrected chi connectivity index (χ2v) is 7.42. The van der Waals surface area contributed by atoms with Gasteiger partial charge in [-0.15, -0.1) is 0 Å². The van der Waals surface area contributed by atoms with E-state index < -0.39 is 64.9 Å². The maximum Gasteiger partial charge on any atom is 0.344 e. The van der Waals surface area contributed by atoms with Gasteiger partial charge in [0.25, 0.3) is 11.0 Å². The molecule has 12 nitrogen and oxygen atoms in total. The van der Waals surface area contributed by atoms with Crippen LogP contribution >= 0.6 is 0 Å². The normalized spacial score (nSPS) is 29.3. The van der Waals surface area contributed by atoms with E-state index >= 15 is 0 Å². The van der Waals surface area contributed by atoms with Crippen molar-refractivity contribution in [3.63, 3.8) is 0 Å². The lowest BCUT2D eigenvalue weighted by Gasteiger charge is -2.36. The Hall–Kier alpha value is -2.51. The lowest BCUT2D eigenvalue weighted by molar-refractivity contribution is -0.177. The Morgan fingerprint density at radius 1 is 1.00 bits per heavy atom. The minimum absolute atomic E-state index is 0.175. The molecule has 0 saturated carbocycles. The molecule has 2 rings (SSSR count). The van der Waals surface area contributed by atoms with E-state index in [0.29, 0.717) is 0 Å². The fourth-order valence-electron chi connectivity index (χ4n) is 3.48. The van der Waals surface area contributed by atoms with Crippen LogP contribution in [0.25, 0.3) is 0 Å². The molecule has 2 saturated heterocycles. The predicted molar refractivity (Wildman–Crippen MR) is 95.3 cm³/mol. The lowest BCUT2D eigenvalue weighted by atomic mass is 9.78. The summed E-state index contributed by atoms with van der Waals surface area (Å²) in [6.07, 6.45) is -1.54. The van der Waals surface area contributed by atoms with Crippen molar-refractivity contribution in [2.24, 2.45) is 0 Å². The Morgan fingerprint density at radius 3 is 2.00 bits per heavy atom. The zero-order valence-corrected chi connectivity index (χ0v) is 17.2. The standard InChI is InChI=1S/C17H22O12S/c1-4-12(20)24-7-13(21)27-14-15(28-30(22)23)17(9-26-11(3)19)6-5-16(14,29-17)8-25-10(2)18/h4,14-15,30H,1,5-9H2,2-3H3. The van der Waals surface area contributed by atoms with Crippen molar-refractivity contribution in [2.75, 3.05) is 19.8 Å². The first-order chi connectivity index (χ1) is 14.0. The minimum atomic E-state index is -3.42. The average Bonchev–Trinajstić information content (AvgIpc) is 3.16. The summed E-state index contributed by atoms with van der Waals surface area (Å²) < 4.78 is 53.5. The smallest absolute Gasteiger partial charge is 0.344 e. The molecule has 4 atom stereocenters. The predicted octanol–water partition coefficient (Wildman–Crippen LogP) is -1.03. The number of hydrogen-bond acceptors (Lipinski definition) is 12. The molecular formula is C17H22O12S. The molecule has 0 radical (unpaired) electrons. The van der Waals surface area contributed by atoms with Crippen molar-refractivity contribution in [3.8, 4) is 0 Å². The van der Waals surface area contributed by atoms with Crippen molar-refractivity contribution in [3.05, 3.63) is 12.7 Å². The van der Waals surface area contributed by atoms with Gasteiger partial charge in [0.05, 0.1) is 0 Å². The lowest BCUT2D eigenvalue weighted by Crippen LogP contribution is -2.55. The van der Waals surface area contributed by atoms with E-state index in [-0.39, 0.29) is 26.1 Å². The second kappa shape index (κ2) is 9.53. The van der Waals surface area contributed by atoms with Gasteiger partial charge in [-0.2, -0.15) is 0 Å². The third-order valence-corrected chi connectivity index (χ3v) is 5.09. The van der Waals surface area contributed by atoms with E-state index in [0.717, 1.165) is 19.9 Å². The SMILES string of the molecule is C=CC(=O)OCC(=O)OC1C(O[SH](=O)=O)C2(COC(C)=O)CCC1(COC(C)=O)O2. The minimum Gasteiger partial charge on any atom is -0.463 e. The topological polar surface area (TPSA) is 158 Å². The summed E-state index contributed by atoms with van der Waals surface area (Å²) in [5.41, 5.74) is -2.90. The number of carbonyl (C=O) groups is 4. The molecule has 2 aliphatic rings. The van der Waals surface area contributed by atoms with Crippen LogP contribution in [0.15, 0.2) is 12.7 Å².